The van der Waals surface area contributed by atoms with Crippen LogP contribution in [-0.2, 0) is 11.2 Å². The van der Waals surface area contributed by atoms with Crippen LogP contribution in [0.1, 0.15) is 30.9 Å². The van der Waals surface area contributed by atoms with Crippen molar-refractivity contribution in [3.8, 4) is 0 Å². The first-order chi connectivity index (χ1) is 8.15. The Kier molecular flexibility index (Phi) is 5.70. The molecule has 0 bridgehead atoms. The Hall–Kier alpha value is -1.35. The van der Waals surface area contributed by atoms with Crippen LogP contribution in [0.15, 0.2) is 24.3 Å². The minimum absolute atomic E-state index is 0.00663. The summed E-state index contributed by atoms with van der Waals surface area (Å²) in [6, 6.07) is 8.06. The average molecular weight is 235 g/mol. The maximum absolute atomic E-state index is 11.6. The van der Waals surface area contributed by atoms with Crippen molar-refractivity contribution < 1.29 is 9.90 Å². The van der Waals surface area contributed by atoms with Crippen molar-refractivity contribution in [2.24, 2.45) is 0 Å². The minimum Gasteiger partial charge on any atom is -0.394 e. The maximum Gasteiger partial charge on any atom is 0.220 e. The van der Waals surface area contributed by atoms with Crippen molar-refractivity contribution in [2.75, 3.05) is 6.61 Å². The summed E-state index contributed by atoms with van der Waals surface area (Å²) in [4.78, 5) is 11.6. The molecule has 17 heavy (non-hydrogen) atoms. The lowest BCUT2D eigenvalue weighted by atomic mass is 10.1. The van der Waals surface area contributed by atoms with Crippen molar-refractivity contribution in [3.63, 3.8) is 0 Å². The van der Waals surface area contributed by atoms with Crippen molar-refractivity contribution in [3.05, 3.63) is 35.4 Å². The first-order valence-electron chi connectivity index (χ1n) is 6.11. The summed E-state index contributed by atoms with van der Waals surface area (Å²) >= 11 is 0. The Morgan fingerprint density at radius 2 is 2.24 bits per heavy atom. The Morgan fingerprint density at radius 3 is 2.82 bits per heavy atom. The highest BCUT2D eigenvalue weighted by molar-refractivity contribution is 5.76. The van der Waals surface area contributed by atoms with Gasteiger partial charge in [0.25, 0.3) is 0 Å². The van der Waals surface area contributed by atoms with Gasteiger partial charge in [0.05, 0.1) is 12.6 Å². The molecule has 0 aromatic heterocycles. The van der Waals surface area contributed by atoms with E-state index in [9.17, 15) is 4.79 Å². The second-order valence-corrected chi connectivity index (χ2v) is 4.34. The van der Waals surface area contributed by atoms with Crippen LogP contribution in [0.2, 0.25) is 0 Å². The predicted molar refractivity (Wildman–Crippen MR) is 68.8 cm³/mol. The van der Waals surface area contributed by atoms with E-state index in [0.29, 0.717) is 6.42 Å². The standard InChI is InChI=1S/C14H21NO2/c1-3-13(10-16)15-14(17)8-7-12-6-4-5-11(2)9-12/h4-6,9,13,16H,3,7-8,10H2,1-2H3,(H,15,17)/t13-/m0/s1. The molecule has 0 fully saturated rings. The van der Waals surface area contributed by atoms with E-state index in [4.69, 9.17) is 5.11 Å². The number of carbonyl (C=O) groups is 1. The lowest BCUT2D eigenvalue weighted by Gasteiger charge is -2.13. The molecule has 94 valence electrons. The number of rotatable bonds is 6. The number of aliphatic hydroxyl groups is 1. The molecule has 0 saturated heterocycles. The lowest BCUT2D eigenvalue weighted by molar-refractivity contribution is -0.122. The molecule has 3 nitrogen and oxygen atoms in total. The summed E-state index contributed by atoms with van der Waals surface area (Å²) in [7, 11) is 0. The molecule has 0 spiro atoms. The normalized spacial score (nSPS) is 12.2. The molecule has 1 rings (SSSR count). The number of nitrogens with one attached hydrogen (secondary N) is 1. The highest BCUT2D eigenvalue weighted by atomic mass is 16.3. The highest BCUT2D eigenvalue weighted by Gasteiger charge is 2.08. The smallest absolute Gasteiger partial charge is 0.220 e. The summed E-state index contributed by atoms with van der Waals surface area (Å²) in [5.41, 5.74) is 2.39. The van der Waals surface area contributed by atoms with E-state index in [1.807, 2.05) is 32.0 Å². The van der Waals surface area contributed by atoms with Gasteiger partial charge in [-0.15, -0.1) is 0 Å². The third-order valence-electron chi connectivity index (χ3n) is 2.80. The van der Waals surface area contributed by atoms with Gasteiger partial charge in [-0.1, -0.05) is 36.8 Å². The Labute approximate surface area is 103 Å². The Bertz CT molecular complexity index is 359. The third-order valence-corrected chi connectivity index (χ3v) is 2.80. The van der Waals surface area contributed by atoms with Crippen LogP contribution >= 0.6 is 0 Å². The Morgan fingerprint density at radius 1 is 1.47 bits per heavy atom. The summed E-state index contributed by atoms with van der Waals surface area (Å²) in [6.07, 6.45) is 1.97. The van der Waals surface area contributed by atoms with Crippen LogP contribution in [0.5, 0.6) is 0 Å². The van der Waals surface area contributed by atoms with E-state index < -0.39 is 0 Å². The topological polar surface area (TPSA) is 49.3 Å². The molecule has 0 aliphatic carbocycles. The SMILES string of the molecule is CC[C@@H](CO)NC(=O)CCc1cccc(C)c1. The molecule has 0 aliphatic heterocycles. The molecule has 0 aliphatic rings. The molecule has 1 amide bonds. The summed E-state index contributed by atoms with van der Waals surface area (Å²) < 4.78 is 0. The van der Waals surface area contributed by atoms with Crippen LogP contribution in [0.4, 0.5) is 0 Å². The van der Waals surface area contributed by atoms with Gasteiger partial charge in [-0.05, 0) is 25.3 Å². The monoisotopic (exact) mass is 235 g/mol. The number of amides is 1. The predicted octanol–water partition coefficient (Wildman–Crippen LogP) is 1.81. The highest BCUT2D eigenvalue weighted by Crippen LogP contribution is 2.06. The number of aliphatic hydroxyl groups excluding tert-OH is 1. The van der Waals surface area contributed by atoms with Crippen LogP contribution < -0.4 is 5.32 Å². The van der Waals surface area contributed by atoms with Gasteiger partial charge >= 0.3 is 0 Å². The molecule has 0 heterocycles. The van der Waals surface area contributed by atoms with Gasteiger partial charge in [0.1, 0.15) is 0 Å². The molecule has 3 heteroatoms. The van der Waals surface area contributed by atoms with Gasteiger partial charge in [-0.25, -0.2) is 0 Å². The quantitative estimate of drug-likeness (QED) is 0.790. The van der Waals surface area contributed by atoms with Crippen LogP contribution in [0, 0.1) is 6.92 Å². The van der Waals surface area contributed by atoms with Crippen molar-refractivity contribution in [2.45, 2.75) is 39.2 Å². The summed E-state index contributed by atoms with van der Waals surface area (Å²) in [5.74, 6) is 0.00686. The number of hydrogen-bond acceptors (Lipinski definition) is 2. The zero-order chi connectivity index (χ0) is 12.7. The fourth-order valence-corrected chi connectivity index (χ4v) is 1.70. The molecule has 1 atom stereocenters. The lowest BCUT2D eigenvalue weighted by Crippen LogP contribution is -2.37. The van der Waals surface area contributed by atoms with E-state index in [0.717, 1.165) is 12.8 Å². The third kappa shape index (κ3) is 5.00. The van der Waals surface area contributed by atoms with Gasteiger partial charge in [0, 0.05) is 6.42 Å². The summed E-state index contributed by atoms with van der Waals surface area (Å²) in [6.45, 7) is 4.00. The van der Waals surface area contributed by atoms with E-state index in [2.05, 4.69) is 11.4 Å². The van der Waals surface area contributed by atoms with Crippen LogP contribution in [-0.4, -0.2) is 23.7 Å². The van der Waals surface area contributed by atoms with Crippen molar-refractivity contribution in [1.29, 1.82) is 0 Å². The van der Waals surface area contributed by atoms with Crippen molar-refractivity contribution >= 4 is 5.91 Å². The number of carbonyl (C=O) groups excluding carboxylic acids is 1. The van der Waals surface area contributed by atoms with E-state index >= 15 is 0 Å². The van der Waals surface area contributed by atoms with Crippen molar-refractivity contribution in [1.82, 2.24) is 5.32 Å². The van der Waals surface area contributed by atoms with Crippen LogP contribution in [0.3, 0.4) is 0 Å². The zero-order valence-corrected chi connectivity index (χ0v) is 10.6. The largest absolute Gasteiger partial charge is 0.394 e. The Balaban J connectivity index is 2.38. The average Bonchev–Trinajstić information content (AvgIpc) is 2.33. The maximum atomic E-state index is 11.6. The van der Waals surface area contributed by atoms with Gasteiger partial charge in [0.2, 0.25) is 5.91 Å². The number of benzene rings is 1. The molecule has 1 aromatic rings. The van der Waals surface area contributed by atoms with E-state index in [1.165, 1.54) is 11.1 Å². The van der Waals surface area contributed by atoms with Gasteiger partial charge in [-0.3, -0.25) is 4.79 Å². The molecular formula is C14H21NO2. The molecule has 0 saturated carbocycles. The molecule has 2 N–H and O–H groups in total. The minimum atomic E-state index is -0.111. The van der Waals surface area contributed by atoms with Gasteiger partial charge in [-0.2, -0.15) is 0 Å². The second-order valence-electron chi connectivity index (χ2n) is 4.34. The first kappa shape index (κ1) is 13.7. The van der Waals surface area contributed by atoms with E-state index in [1.54, 1.807) is 0 Å². The number of hydrogen-bond donors (Lipinski definition) is 2. The molecular weight excluding hydrogens is 214 g/mol. The van der Waals surface area contributed by atoms with Gasteiger partial charge < -0.3 is 10.4 Å². The molecule has 1 aromatic carbocycles. The van der Waals surface area contributed by atoms with Gasteiger partial charge in [0.15, 0.2) is 0 Å². The number of aryl methyl sites for hydroxylation is 2. The summed E-state index contributed by atoms with van der Waals surface area (Å²) in [5, 5.41) is 11.8. The second kappa shape index (κ2) is 7.07. The fourth-order valence-electron chi connectivity index (χ4n) is 1.70. The van der Waals surface area contributed by atoms with E-state index in [-0.39, 0.29) is 18.6 Å². The van der Waals surface area contributed by atoms with Crippen LogP contribution in [0.25, 0.3) is 0 Å². The fraction of sp³-hybridized carbons (Fsp3) is 0.500. The zero-order valence-electron chi connectivity index (χ0n) is 10.6. The molecule has 0 radical (unpaired) electrons. The first-order valence-corrected chi connectivity index (χ1v) is 6.11. The molecule has 0 unspecified atom stereocenters.